The minimum absolute atomic E-state index is 0.0627. The van der Waals surface area contributed by atoms with Gasteiger partial charge in [-0.2, -0.15) is 0 Å². The molecule has 1 fully saturated rings. The zero-order valence-corrected chi connectivity index (χ0v) is 15.1. The molecule has 0 spiro atoms. The third-order valence-corrected chi connectivity index (χ3v) is 6.03. The second-order valence-corrected chi connectivity index (χ2v) is 7.67. The summed E-state index contributed by atoms with van der Waals surface area (Å²) in [6.45, 7) is 0.243. The first kappa shape index (κ1) is 17.5. The highest BCUT2D eigenvalue weighted by Crippen LogP contribution is 2.48. The van der Waals surface area contributed by atoms with Gasteiger partial charge >= 0.3 is 5.97 Å². The van der Waals surface area contributed by atoms with E-state index in [1.807, 2.05) is 12.2 Å². The molecule has 3 N–H and O–H groups in total. The standard InChI is InChI=1S/C19H18N2O5S/c22-16(20-9-12-2-1-6-26-12)13-5-7-27-18(13)21-17(23)14-10-3-4-11(8-10)15(14)19(24)25/h1-7,10-11,14-15H,8-9H2,(H,20,22)(H,21,23)(H,24,25)/t10-,11-,14-,15-/m0/s1. The van der Waals surface area contributed by atoms with Crippen LogP contribution < -0.4 is 10.6 Å². The lowest BCUT2D eigenvalue weighted by molar-refractivity contribution is -0.146. The molecule has 140 valence electrons. The summed E-state index contributed by atoms with van der Waals surface area (Å²) >= 11 is 1.24. The van der Waals surface area contributed by atoms with Crippen molar-refractivity contribution in [3.05, 3.63) is 53.3 Å². The maximum absolute atomic E-state index is 12.8. The molecular formula is C19H18N2O5S. The van der Waals surface area contributed by atoms with E-state index in [0.717, 1.165) is 0 Å². The second kappa shape index (κ2) is 7.03. The van der Waals surface area contributed by atoms with E-state index in [4.69, 9.17) is 4.42 Å². The molecule has 0 aliphatic heterocycles. The Balaban J connectivity index is 1.45. The zero-order chi connectivity index (χ0) is 19.0. The number of amides is 2. The highest BCUT2D eigenvalue weighted by Gasteiger charge is 2.51. The van der Waals surface area contributed by atoms with Crippen molar-refractivity contribution < 1.29 is 23.9 Å². The van der Waals surface area contributed by atoms with Gasteiger partial charge in [0.25, 0.3) is 5.91 Å². The number of carboxylic acids is 1. The molecule has 2 aliphatic carbocycles. The van der Waals surface area contributed by atoms with Gasteiger partial charge < -0.3 is 20.2 Å². The number of rotatable bonds is 6. The van der Waals surface area contributed by atoms with Crippen LogP contribution in [0.2, 0.25) is 0 Å². The van der Waals surface area contributed by atoms with Crippen molar-refractivity contribution in [3.8, 4) is 0 Å². The van der Waals surface area contributed by atoms with Gasteiger partial charge in [0.1, 0.15) is 10.8 Å². The number of thiophene rings is 1. The molecule has 8 heteroatoms. The minimum atomic E-state index is -0.949. The van der Waals surface area contributed by atoms with Gasteiger partial charge in [0.05, 0.1) is 30.2 Å². The predicted molar refractivity (Wildman–Crippen MR) is 98.2 cm³/mol. The van der Waals surface area contributed by atoms with Gasteiger partial charge in [-0.25, -0.2) is 0 Å². The van der Waals surface area contributed by atoms with Crippen LogP contribution in [0.4, 0.5) is 5.00 Å². The van der Waals surface area contributed by atoms with Crippen molar-refractivity contribution in [1.29, 1.82) is 0 Å². The molecule has 4 atom stereocenters. The Kier molecular flexibility index (Phi) is 4.57. The van der Waals surface area contributed by atoms with Gasteiger partial charge in [-0.05, 0) is 41.8 Å². The number of carbonyl (C=O) groups excluding carboxylic acids is 2. The summed E-state index contributed by atoms with van der Waals surface area (Å²) < 4.78 is 5.18. The molecule has 7 nitrogen and oxygen atoms in total. The number of hydrogen-bond acceptors (Lipinski definition) is 5. The maximum Gasteiger partial charge on any atom is 0.307 e. The molecule has 27 heavy (non-hydrogen) atoms. The van der Waals surface area contributed by atoms with Gasteiger partial charge in [-0.15, -0.1) is 11.3 Å². The fourth-order valence-electron chi connectivity index (χ4n) is 3.97. The first-order valence-electron chi connectivity index (χ1n) is 8.64. The van der Waals surface area contributed by atoms with E-state index in [1.165, 1.54) is 17.6 Å². The van der Waals surface area contributed by atoms with Crippen molar-refractivity contribution in [2.75, 3.05) is 5.32 Å². The Labute approximate surface area is 159 Å². The third kappa shape index (κ3) is 3.28. The van der Waals surface area contributed by atoms with Crippen molar-refractivity contribution in [1.82, 2.24) is 5.32 Å². The molecule has 0 unspecified atom stereocenters. The lowest BCUT2D eigenvalue weighted by Gasteiger charge is -2.23. The fraction of sp³-hybridized carbons (Fsp3) is 0.316. The summed E-state index contributed by atoms with van der Waals surface area (Å²) in [5.74, 6) is -2.48. The molecular weight excluding hydrogens is 368 g/mol. The number of carboxylic acid groups (broad SMARTS) is 1. The van der Waals surface area contributed by atoms with Crippen LogP contribution >= 0.6 is 11.3 Å². The van der Waals surface area contributed by atoms with Crippen LogP contribution in [0, 0.1) is 23.7 Å². The van der Waals surface area contributed by atoms with Gasteiger partial charge in [0, 0.05) is 0 Å². The Morgan fingerprint density at radius 1 is 1.19 bits per heavy atom. The topological polar surface area (TPSA) is 109 Å². The number of fused-ring (bicyclic) bond motifs is 2. The van der Waals surface area contributed by atoms with Crippen LogP contribution in [0.3, 0.4) is 0 Å². The van der Waals surface area contributed by atoms with Gasteiger partial charge in [-0.3, -0.25) is 14.4 Å². The summed E-state index contributed by atoms with van der Waals surface area (Å²) in [5.41, 5.74) is 0.352. The monoisotopic (exact) mass is 386 g/mol. The molecule has 2 aromatic heterocycles. The molecule has 0 saturated heterocycles. The van der Waals surface area contributed by atoms with E-state index < -0.39 is 17.8 Å². The quantitative estimate of drug-likeness (QED) is 0.662. The summed E-state index contributed by atoms with van der Waals surface area (Å²) in [6.07, 6.45) is 6.04. The maximum atomic E-state index is 12.8. The Morgan fingerprint density at radius 2 is 1.96 bits per heavy atom. The normalized spacial score (nSPS) is 25.5. The molecule has 2 aliphatic rings. The number of aliphatic carboxylic acids is 1. The van der Waals surface area contributed by atoms with E-state index >= 15 is 0 Å². The summed E-state index contributed by atoms with van der Waals surface area (Å²) in [5, 5.41) is 17.2. The number of allylic oxidation sites excluding steroid dienone is 2. The van der Waals surface area contributed by atoms with E-state index in [-0.39, 0.29) is 30.2 Å². The Bertz CT molecular complexity index is 901. The van der Waals surface area contributed by atoms with E-state index in [1.54, 1.807) is 23.6 Å². The molecule has 2 bridgehead atoms. The summed E-state index contributed by atoms with van der Waals surface area (Å²) in [7, 11) is 0. The largest absolute Gasteiger partial charge is 0.481 e. The van der Waals surface area contributed by atoms with Crippen molar-refractivity contribution >= 4 is 34.1 Å². The predicted octanol–water partition coefficient (Wildman–Crippen LogP) is 2.73. The van der Waals surface area contributed by atoms with E-state index in [9.17, 15) is 19.5 Å². The number of carbonyl (C=O) groups is 3. The van der Waals surface area contributed by atoms with Crippen molar-refractivity contribution in [3.63, 3.8) is 0 Å². The van der Waals surface area contributed by atoms with Gasteiger partial charge in [0.2, 0.25) is 5.91 Å². The van der Waals surface area contributed by atoms with Crippen LogP contribution in [0.1, 0.15) is 22.5 Å². The number of furan rings is 1. The fourth-order valence-corrected chi connectivity index (χ4v) is 4.76. The van der Waals surface area contributed by atoms with E-state index in [2.05, 4.69) is 10.6 Å². The van der Waals surface area contributed by atoms with Crippen molar-refractivity contribution in [2.24, 2.45) is 23.7 Å². The van der Waals surface area contributed by atoms with Crippen LogP contribution in [-0.4, -0.2) is 22.9 Å². The van der Waals surface area contributed by atoms with Crippen molar-refractivity contribution in [2.45, 2.75) is 13.0 Å². The first-order chi connectivity index (χ1) is 13.0. The smallest absolute Gasteiger partial charge is 0.307 e. The minimum Gasteiger partial charge on any atom is -0.481 e. The zero-order valence-electron chi connectivity index (χ0n) is 14.3. The van der Waals surface area contributed by atoms with Gasteiger partial charge in [0.15, 0.2) is 0 Å². The molecule has 2 heterocycles. The average molecular weight is 386 g/mol. The second-order valence-electron chi connectivity index (χ2n) is 6.75. The Hall–Kier alpha value is -2.87. The first-order valence-corrected chi connectivity index (χ1v) is 9.52. The molecule has 0 radical (unpaired) electrons. The van der Waals surface area contributed by atoms with Crippen LogP contribution in [0.15, 0.2) is 46.4 Å². The summed E-state index contributed by atoms with van der Waals surface area (Å²) in [6, 6.07) is 5.12. The SMILES string of the molecule is O=C(NCc1ccco1)c1ccsc1NC(=O)[C@@H]1[C@@H](C(=O)O)[C@H]2C=C[C@H]1C2. The van der Waals surface area contributed by atoms with Crippen LogP contribution in [0.25, 0.3) is 0 Å². The molecule has 4 rings (SSSR count). The molecule has 2 amide bonds. The third-order valence-electron chi connectivity index (χ3n) is 5.20. The number of anilines is 1. The Morgan fingerprint density at radius 3 is 2.67 bits per heavy atom. The molecule has 1 saturated carbocycles. The highest BCUT2D eigenvalue weighted by atomic mass is 32.1. The van der Waals surface area contributed by atoms with Crippen LogP contribution in [0.5, 0.6) is 0 Å². The number of hydrogen-bond donors (Lipinski definition) is 3. The molecule has 2 aromatic rings. The van der Waals surface area contributed by atoms with Gasteiger partial charge in [-0.1, -0.05) is 12.2 Å². The van der Waals surface area contributed by atoms with E-state index in [0.29, 0.717) is 22.7 Å². The summed E-state index contributed by atoms with van der Waals surface area (Å²) in [4.78, 5) is 36.8. The average Bonchev–Trinajstić information content (AvgIpc) is 3.42. The van der Waals surface area contributed by atoms with Crippen LogP contribution in [-0.2, 0) is 16.1 Å². The molecule has 0 aromatic carbocycles. The lowest BCUT2D eigenvalue weighted by Crippen LogP contribution is -2.36. The number of nitrogens with one attached hydrogen (secondary N) is 2. The highest BCUT2D eigenvalue weighted by molar-refractivity contribution is 7.14. The lowest BCUT2D eigenvalue weighted by atomic mass is 9.82.